The quantitative estimate of drug-likeness (QED) is 0.916. The maximum atomic E-state index is 12.0. The van der Waals surface area contributed by atoms with E-state index in [1.54, 1.807) is 17.5 Å². The summed E-state index contributed by atoms with van der Waals surface area (Å²) in [5.41, 5.74) is 9.23. The summed E-state index contributed by atoms with van der Waals surface area (Å²) in [6, 6.07) is 0. The monoisotopic (exact) mass is 332 g/mol. The summed E-state index contributed by atoms with van der Waals surface area (Å²) in [5.74, 6) is -0.368. The maximum absolute atomic E-state index is 12.0. The first kappa shape index (κ1) is 16.2. The fraction of sp³-hybridized carbons (Fsp3) is 0.529. The van der Waals surface area contributed by atoms with Crippen LogP contribution in [0.5, 0.6) is 0 Å². The maximum Gasteiger partial charge on any atom is 0.251 e. The molecule has 0 spiro atoms. The standard InChI is InChI=1S/C17H24N4OS/c1-12-14(16(18)22)15(17-19-6-11-23-17)13(2)21(12)10-9-20-7-4-3-5-8-20/h6,11H,3-5,7-10H2,1-2H3,(H2,18,22). The summed E-state index contributed by atoms with van der Waals surface area (Å²) in [4.78, 5) is 18.9. The average molecular weight is 332 g/mol. The topological polar surface area (TPSA) is 64.2 Å². The fourth-order valence-corrected chi connectivity index (χ4v) is 4.29. The number of carbonyl (C=O) groups excluding carboxylic acids is 1. The van der Waals surface area contributed by atoms with Gasteiger partial charge < -0.3 is 15.2 Å². The molecule has 124 valence electrons. The molecule has 0 aromatic carbocycles. The number of likely N-dealkylation sites (tertiary alicyclic amines) is 1. The zero-order chi connectivity index (χ0) is 16.4. The highest BCUT2D eigenvalue weighted by atomic mass is 32.1. The number of carbonyl (C=O) groups is 1. The molecule has 1 fully saturated rings. The van der Waals surface area contributed by atoms with E-state index >= 15 is 0 Å². The lowest BCUT2D eigenvalue weighted by molar-refractivity contribution is 0.1000. The Bertz CT molecular complexity index is 684. The molecule has 6 heteroatoms. The first-order chi connectivity index (χ1) is 11.1. The van der Waals surface area contributed by atoms with Gasteiger partial charge in [0.15, 0.2) is 0 Å². The third-order valence-corrected chi connectivity index (χ3v) is 5.56. The van der Waals surface area contributed by atoms with Crippen LogP contribution in [-0.2, 0) is 6.54 Å². The minimum Gasteiger partial charge on any atom is -0.366 e. The predicted molar refractivity (Wildman–Crippen MR) is 93.8 cm³/mol. The molecule has 1 aliphatic heterocycles. The SMILES string of the molecule is Cc1c(C(N)=O)c(-c2nccs2)c(C)n1CCN1CCCCC1. The summed E-state index contributed by atoms with van der Waals surface area (Å²) < 4.78 is 2.23. The molecule has 23 heavy (non-hydrogen) atoms. The Morgan fingerprint density at radius 2 is 1.96 bits per heavy atom. The van der Waals surface area contributed by atoms with Crippen molar-refractivity contribution >= 4 is 17.2 Å². The number of thiazole rings is 1. The zero-order valence-electron chi connectivity index (χ0n) is 13.8. The second-order valence-corrected chi connectivity index (χ2v) is 7.07. The van der Waals surface area contributed by atoms with Gasteiger partial charge in [0.1, 0.15) is 5.01 Å². The average Bonchev–Trinajstić information content (AvgIpc) is 3.13. The van der Waals surface area contributed by atoms with Gasteiger partial charge in [0, 0.05) is 41.6 Å². The van der Waals surface area contributed by atoms with Gasteiger partial charge in [-0.05, 0) is 39.8 Å². The molecule has 2 N–H and O–H groups in total. The molecule has 3 rings (SSSR count). The third-order valence-electron chi connectivity index (χ3n) is 4.76. The van der Waals surface area contributed by atoms with Gasteiger partial charge in [-0.15, -0.1) is 11.3 Å². The number of nitrogens with two attached hydrogens (primary N) is 1. The van der Waals surface area contributed by atoms with Gasteiger partial charge in [0.2, 0.25) is 0 Å². The van der Waals surface area contributed by atoms with Gasteiger partial charge in [-0.3, -0.25) is 4.79 Å². The van der Waals surface area contributed by atoms with Crippen molar-refractivity contribution in [1.82, 2.24) is 14.5 Å². The van der Waals surface area contributed by atoms with Crippen LogP contribution < -0.4 is 5.73 Å². The van der Waals surface area contributed by atoms with Crippen molar-refractivity contribution in [1.29, 1.82) is 0 Å². The Hall–Kier alpha value is -1.66. The normalized spacial score (nSPS) is 15.9. The van der Waals surface area contributed by atoms with Crippen molar-refractivity contribution in [3.05, 3.63) is 28.5 Å². The van der Waals surface area contributed by atoms with Crippen LogP contribution in [0.2, 0.25) is 0 Å². The number of aromatic nitrogens is 2. The highest BCUT2D eigenvalue weighted by Crippen LogP contribution is 2.33. The van der Waals surface area contributed by atoms with Crippen LogP contribution in [0.1, 0.15) is 41.0 Å². The van der Waals surface area contributed by atoms with E-state index in [0.29, 0.717) is 5.56 Å². The smallest absolute Gasteiger partial charge is 0.251 e. The summed E-state index contributed by atoms with van der Waals surface area (Å²) >= 11 is 1.55. The summed E-state index contributed by atoms with van der Waals surface area (Å²) in [6.45, 7) is 8.32. The molecular formula is C17H24N4OS. The minimum absolute atomic E-state index is 0.368. The number of nitrogens with zero attached hydrogens (tertiary/aromatic N) is 3. The fourth-order valence-electron chi connectivity index (χ4n) is 3.55. The number of hydrogen-bond acceptors (Lipinski definition) is 4. The van der Waals surface area contributed by atoms with Crippen molar-refractivity contribution in [3.63, 3.8) is 0 Å². The lowest BCUT2D eigenvalue weighted by Gasteiger charge is -2.27. The Morgan fingerprint density at radius 1 is 1.22 bits per heavy atom. The summed E-state index contributed by atoms with van der Waals surface area (Å²) in [6.07, 6.45) is 5.70. The van der Waals surface area contributed by atoms with Crippen molar-refractivity contribution in [2.75, 3.05) is 19.6 Å². The molecular weight excluding hydrogens is 308 g/mol. The molecule has 0 atom stereocenters. The molecule has 0 bridgehead atoms. The van der Waals surface area contributed by atoms with Crippen molar-refractivity contribution in [2.24, 2.45) is 5.73 Å². The van der Waals surface area contributed by atoms with Crippen LogP contribution in [0, 0.1) is 13.8 Å². The minimum atomic E-state index is -0.368. The lowest BCUT2D eigenvalue weighted by atomic mass is 10.1. The second kappa shape index (κ2) is 6.84. The lowest BCUT2D eigenvalue weighted by Crippen LogP contribution is -2.32. The zero-order valence-corrected chi connectivity index (χ0v) is 14.7. The molecule has 3 heterocycles. The molecule has 0 saturated carbocycles. The first-order valence-corrected chi connectivity index (χ1v) is 9.09. The molecule has 0 unspecified atom stereocenters. The highest BCUT2D eigenvalue weighted by Gasteiger charge is 2.24. The van der Waals surface area contributed by atoms with E-state index in [1.165, 1.54) is 32.4 Å². The molecule has 1 amide bonds. The van der Waals surface area contributed by atoms with Crippen molar-refractivity contribution < 1.29 is 4.79 Å². The van der Waals surface area contributed by atoms with E-state index in [9.17, 15) is 4.79 Å². The summed E-state index contributed by atoms with van der Waals surface area (Å²) in [5, 5.41) is 2.80. The molecule has 2 aromatic heterocycles. The number of amides is 1. The van der Waals surface area contributed by atoms with Crippen LogP contribution in [-0.4, -0.2) is 40.0 Å². The summed E-state index contributed by atoms with van der Waals surface area (Å²) in [7, 11) is 0. The van der Waals surface area contributed by atoms with Gasteiger partial charge in [0.25, 0.3) is 5.91 Å². The van der Waals surface area contributed by atoms with E-state index < -0.39 is 0 Å². The van der Waals surface area contributed by atoms with E-state index in [1.807, 2.05) is 12.3 Å². The Labute approximate surface area is 141 Å². The molecule has 5 nitrogen and oxygen atoms in total. The molecule has 0 aliphatic carbocycles. The molecule has 1 saturated heterocycles. The Kier molecular flexibility index (Phi) is 4.82. The number of hydrogen-bond donors (Lipinski definition) is 1. The van der Waals surface area contributed by atoms with Gasteiger partial charge in [-0.1, -0.05) is 6.42 Å². The van der Waals surface area contributed by atoms with Crippen LogP contribution in [0.4, 0.5) is 0 Å². The third kappa shape index (κ3) is 3.19. The van der Waals surface area contributed by atoms with Gasteiger partial charge >= 0.3 is 0 Å². The number of piperidine rings is 1. The van der Waals surface area contributed by atoms with Crippen molar-refractivity contribution in [3.8, 4) is 10.6 Å². The second-order valence-electron chi connectivity index (χ2n) is 6.18. The first-order valence-electron chi connectivity index (χ1n) is 8.21. The van der Waals surface area contributed by atoms with E-state index in [4.69, 9.17) is 5.73 Å². The Morgan fingerprint density at radius 3 is 2.57 bits per heavy atom. The number of primary amides is 1. The molecule has 2 aromatic rings. The van der Waals surface area contributed by atoms with E-state index in [0.717, 1.165) is 35.0 Å². The number of rotatable bonds is 5. The largest absolute Gasteiger partial charge is 0.366 e. The van der Waals surface area contributed by atoms with E-state index in [2.05, 4.69) is 21.4 Å². The van der Waals surface area contributed by atoms with E-state index in [-0.39, 0.29) is 5.91 Å². The van der Waals surface area contributed by atoms with Crippen LogP contribution in [0.25, 0.3) is 10.6 Å². The van der Waals surface area contributed by atoms with Crippen LogP contribution in [0.3, 0.4) is 0 Å². The van der Waals surface area contributed by atoms with Crippen LogP contribution >= 0.6 is 11.3 Å². The molecule has 0 radical (unpaired) electrons. The highest BCUT2D eigenvalue weighted by molar-refractivity contribution is 7.13. The van der Waals surface area contributed by atoms with Crippen LogP contribution in [0.15, 0.2) is 11.6 Å². The van der Waals surface area contributed by atoms with Gasteiger partial charge in [-0.2, -0.15) is 0 Å². The predicted octanol–water partition coefficient (Wildman–Crippen LogP) is 2.81. The van der Waals surface area contributed by atoms with Crippen molar-refractivity contribution in [2.45, 2.75) is 39.7 Å². The molecule has 1 aliphatic rings. The van der Waals surface area contributed by atoms with Gasteiger partial charge in [-0.25, -0.2) is 4.98 Å². The van der Waals surface area contributed by atoms with Gasteiger partial charge in [0.05, 0.1) is 5.56 Å². The Balaban J connectivity index is 1.91.